The van der Waals surface area contributed by atoms with Gasteiger partial charge in [-0.1, -0.05) is 30.3 Å². The van der Waals surface area contributed by atoms with Gasteiger partial charge >= 0.3 is 0 Å². The molecule has 5 nitrogen and oxygen atoms in total. The SMILES string of the molecule is CN(C)CC(=O)N1CCNC(=O)C1c1ccccc1. The van der Waals surface area contributed by atoms with Gasteiger partial charge in [0.15, 0.2) is 0 Å². The van der Waals surface area contributed by atoms with Crippen LogP contribution < -0.4 is 5.32 Å². The number of hydrogen-bond acceptors (Lipinski definition) is 3. The van der Waals surface area contributed by atoms with E-state index in [4.69, 9.17) is 0 Å². The Balaban J connectivity index is 2.24. The highest BCUT2D eigenvalue weighted by Gasteiger charge is 2.33. The Morgan fingerprint density at radius 3 is 2.68 bits per heavy atom. The van der Waals surface area contributed by atoms with Gasteiger partial charge in [-0.25, -0.2) is 0 Å². The molecule has 0 spiro atoms. The molecular formula is C14H19N3O2. The van der Waals surface area contributed by atoms with E-state index in [-0.39, 0.29) is 11.8 Å². The van der Waals surface area contributed by atoms with E-state index in [0.29, 0.717) is 19.6 Å². The Morgan fingerprint density at radius 2 is 2.05 bits per heavy atom. The Hall–Kier alpha value is -1.88. The van der Waals surface area contributed by atoms with Crippen LogP contribution in [0.5, 0.6) is 0 Å². The van der Waals surface area contributed by atoms with Crippen molar-refractivity contribution in [1.82, 2.24) is 15.1 Å². The van der Waals surface area contributed by atoms with E-state index in [2.05, 4.69) is 5.32 Å². The molecule has 1 aliphatic rings. The molecule has 1 heterocycles. The van der Waals surface area contributed by atoms with Crippen LogP contribution in [0.2, 0.25) is 0 Å². The van der Waals surface area contributed by atoms with Crippen LogP contribution in [-0.4, -0.2) is 55.3 Å². The molecule has 1 fully saturated rings. The summed E-state index contributed by atoms with van der Waals surface area (Å²) in [5.74, 6) is -0.127. The van der Waals surface area contributed by atoms with E-state index < -0.39 is 6.04 Å². The molecule has 0 bridgehead atoms. The van der Waals surface area contributed by atoms with Crippen molar-refractivity contribution in [2.75, 3.05) is 33.7 Å². The zero-order valence-corrected chi connectivity index (χ0v) is 11.3. The maximum absolute atomic E-state index is 12.2. The molecule has 0 aromatic heterocycles. The quantitative estimate of drug-likeness (QED) is 0.848. The van der Waals surface area contributed by atoms with Gasteiger partial charge in [-0.05, 0) is 19.7 Å². The second-order valence-electron chi connectivity index (χ2n) is 4.93. The fourth-order valence-corrected chi connectivity index (χ4v) is 2.26. The lowest BCUT2D eigenvalue weighted by molar-refractivity contribution is -0.144. The molecule has 0 radical (unpaired) electrons. The minimum atomic E-state index is -0.512. The first-order valence-electron chi connectivity index (χ1n) is 6.36. The number of hydrogen-bond donors (Lipinski definition) is 1. The van der Waals surface area contributed by atoms with E-state index in [9.17, 15) is 9.59 Å². The first kappa shape index (κ1) is 13.5. The summed E-state index contributed by atoms with van der Waals surface area (Å²) in [6, 6.07) is 8.91. The number of carbonyl (C=O) groups excluding carboxylic acids is 2. The summed E-state index contributed by atoms with van der Waals surface area (Å²) in [6.45, 7) is 1.38. The van der Waals surface area contributed by atoms with Gasteiger partial charge in [0.05, 0.1) is 6.54 Å². The third-order valence-electron chi connectivity index (χ3n) is 3.10. The number of carbonyl (C=O) groups is 2. The average molecular weight is 261 g/mol. The highest BCUT2D eigenvalue weighted by molar-refractivity contribution is 5.90. The maximum atomic E-state index is 12.2. The Bertz CT molecular complexity index is 459. The predicted molar refractivity (Wildman–Crippen MR) is 72.5 cm³/mol. The van der Waals surface area contributed by atoms with E-state index in [1.54, 1.807) is 4.90 Å². The molecule has 1 unspecified atom stereocenters. The van der Waals surface area contributed by atoms with Crippen molar-refractivity contribution in [2.24, 2.45) is 0 Å². The smallest absolute Gasteiger partial charge is 0.247 e. The molecule has 1 N–H and O–H groups in total. The second kappa shape index (κ2) is 5.84. The molecule has 1 atom stereocenters. The van der Waals surface area contributed by atoms with Gasteiger partial charge in [-0.2, -0.15) is 0 Å². The summed E-state index contributed by atoms with van der Waals surface area (Å²) in [6.07, 6.45) is 0. The Kier molecular flexibility index (Phi) is 4.16. The molecular weight excluding hydrogens is 242 g/mol. The lowest BCUT2D eigenvalue weighted by Gasteiger charge is -2.35. The predicted octanol–water partition coefficient (Wildman–Crippen LogP) is 0.248. The topological polar surface area (TPSA) is 52.7 Å². The molecule has 1 aliphatic heterocycles. The third kappa shape index (κ3) is 3.12. The van der Waals surface area contributed by atoms with Crippen LogP contribution in [-0.2, 0) is 9.59 Å². The summed E-state index contributed by atoms with van der Waals surface area (Å²) < 4.78 is 0. The zero-order valence-electron chi connectivity index (χ0n) is 11.3. The van der Waals surface area contributed by atoms with E-state index in [1.165, 1.54) is 0 Å². The fraction of sp³-hybridized carbons (Fsp3) is 0.429. The highest BCUT2D eigenvalue weighted by atomic mass is 16.2. The number of piperazine rings is 1. The minimum Gasteiger partial charge on any atom is -0.352 e. The molecule has 2 rings (SSSR count). The van der Waals surface area contributed by atoms with Crippen molar-refractivity contribution in [2.45, 2.75) is 6.04 Å². The molecule has 1 saturated heterocycles. The number of benzene rings is 1. The van der Waals surface area contributed by atoms with Crippen LogP contribution >= 0.6 is 0 Å². The standard InChI is InChI=1S/C14H19N3O2/c1-16(2)10-12(18)17-9-8-15-14(19)13(17)11-6-4-3-5-7-11/h3-7,13H,8-10H2,1-2H3,(H,15,19). The van der Waals surface area contributed by atoms with Gasteiger partial charge in [-0.15, -0.1) is 0 Å². The van der Waals surface area contributed by atoms with Crippen molar-refractivity contribution in [3.05, 3.63) is 35.9 Å². The molecule has 1 aromatic carbocycles. The average Bonchev–Trinajstić information content (AvgIpc) is 2.38. The van der Waals surface area contributed by atoms with Crippen LogP contribution in [0, 0.1) is 0 Å². The van der Waals surface area contributed by atoms with Crippen LogP contribution in [0.1, 0.15) is 11.6 Å². The number of likely N-dealkylation sites (N-methyl/N-ethyl adjacent to an activating group) is 1. The van der Waals surface area contributed by atoms with Crippen molar-refractivity contribution < 1.29 is 9.59 Å². The van der Waals surface area contributed by atoms with Gasteiger partial charge in [0.1, 0.15) is 6.04 Å². The van der Waals surface area contributed by atoms with E-state index in [0.717, 1.165) is 5.56 Å². The van der Waals surface area contributed by atoms with Crippen LogP contribution in [0.4, 0.5) is 0 Å². The van der Waals surface area contributed by atoms with Crippen molar-refractivity contribution in [1.29, 1.82) is 0 Å². The number of nitrogens with one attached hydrogen (secondary N) is 1. The van der Waals surface area contributed by atoms with E-state index >= 15 is 0 Å². The van der Waals surface area contributed by atoms with Crippen molar-refractivity contribution in [3.63, 3.8) is 0 Å². The Morgan fingerprint density at radius 1 is 1.37 bits per heavy atom. The van der Waals surface area contributed by atoms with Crippen molar-refractivity contribution >= 4 is 11.8 Å². The largest absolute Gasteiger partial charge is 0.352 e. The first-order valence-corrected chi connectivity index (χ1v) is 6.36. The van der Waals surface area contributed by atoms with Gasteiger partial charge in [0.2, 0.25) is 11.8 Å². The van der Waals surface area contributed by atoms with Gasteiger partial charge in [-0.3, -0.25) is 9.59 Å². The zero-order chi connectivity index (χ0) is 13.8. The minimum absolute atomic E-state index is 0.0197. The van der Waals surface area contributed by atoms with Crippen LogP contribution in [0.3, 0.4) is 0 Å². The maximum Gasteiger partial charge on any atom is 0.247 e. The van der Waals surface area contributed by atoms with Crippen LogP contribution in [0.15, 0.2) is 30.3 Å². The van der Waals surface area contributed by atoms with Crippen LogP contribution in [0.25, 0.3) is 0 Å². The summed E-state index contributed by atoms with van der Waals surface area (Å²) in [5, 5.41) is 2.82. The summed E-state index contributed by atoms with van der Waals surface area (Å²) in [7, 11) is 3.69. The first-order chi connectivity index (χ1) is 9.09. The molecule has 0 saturated carbocycles. The lowest BCUT2D eigenvalue weighted by Crippen LogP contribution is -2.53. The second-order valence-corrected chi connectivity index (χ2v) is 4.93. The van der Waals surface area contributed by atoms with Gasteiger partial charge < -0.3 is 15.1 Å². The molecule has 0 aliphatic carbocycles. The monoisotopic (exact) mass is 261 g/mol. The molecule has 5 heteroatoms. The fourth-order valence-electron chi connectivity index (χ4n) is 2.26. The van der Waals surface area contributed by atoms with E-state index in [1.807, 2.05) is 49.3 Å². The van der Waals surface area contributed by atoms with Gasteiger partial charge in [0, 0.05) is 13.1 Å². The number of rotatable bonds is 3. The van der Waals surface area contributed by atoms with Gasteiger partial charge in [0.25, 0.3) is 0 Å². The highest BCUT2D eigenvalue weighted by Crippen LogP contribution is 2.23. The molecule has 19 heavy (non-hydrogen) atoms. The molecule has 2 amide bonds. The number of amides is 2. The molecule has 102 valence electrons. The number of nitrogens with zero attached hydrogens (tertiary/aromatic N) is 2. The third-order valence-corrected chi connectivity index (χ3v) is 3.10. The Labute approximate surface area is 113 Å². The summed E-state index contributed by atoms with van der Waals surface area (Å²) in [5.41, 5.74) is 0.854. The van der Waals surface area contributed by atoms with Crippen molar-refractivity contribution in [3.8, 4) is 0 Å². The normalized spacial score (nSPS) is 19.4. The molecule has 1 aromatic rings. The summed E-state index contributed by atoms with van der Waals surface area (Å²) in [4.78, 5) is 27.8. The lowest BCUT2D eigenvalue weighted by atomic mass is 10.0. The summed E-state index contributed by atoms with van der Waals surface area (Å²) >= 11 is 0.